The second-order valence-corrected chi connectivity index (χ2v) is 5.36. The Hall–Kier alpha value is -1.55. The van der Waals surface area contributed by atoms with E-state index in [9.17, 15) is 4.79 Å². The first-order valence-corrected chi connectivity index (χ1v) is 7.41. The fourth-order valence-corrected chi connectivity index (χ4v) is 2.23. The van der Waals surface area contributed by atoms with Gasteiger partial charge in [-0.2, -0.15) is 0 Å². The van der Waals surface area contributed by atoms with Gasteiger partial charge in [-0.05, 0) is 23.8 Å². The van der Waals surface area contributed by atoms with Crippen LogP contribution in [0.1, 0.15) is 12.0 Å². The average molecular weight is 323 g/mol. The van der Waals surface area contributed by atoms with Gasteiger partial charge in [-0.15, -0.1) is 0 Å². The van der Waals surface area contributed by atoms with Crippen LogP contribution in [0.3, 0.4) is 0 Å². The predicted molar refractivity (Wildman–Crippen MR) is 87.9 cm³/mol. The Balaban J connectivity index is 1.73. The van der Waals surface area contributed by atoms with Gasteiger partial charge in [0.2, 0.25) is 5.91 Å². The van der Waals surface area contributed by atoms with Gasteiger partial charge in [0.1, 0.15) is 0 Å². The van der Waals surface area contributed by atoms with Crippen LogP contribution in [0.5, 0.6) is 0 Å². The van der Waals surface area contributed by atoms with Gasteiger partial charge in [0.05, 0.1) is 10.7 Å². The van der Waals surface area contributed by atoms with Crippen LogP contribution < -0.4 is 10.6 Å². The van der Waals surface area contributed by atoms with E-state index in [0.29, 0.717) is 30.2 Å². The van der Waals surface area contributed by atoms with Crippen LogP contribution in [-0.2, 0) is 11.3 Å². The molecule has 0 saturated carbocycles. The van der Waals surface area contributed by atoms with Gasteiger partial charge in [-0.3, -0.25) is 4.79 Å². The predicted octanol–water partition coefficient (Wildman–Crippen LogP) is 4.11. The van der Waals surface area contributed by atoms with E-state index in [2.05, 4.69) is 10.6 Å². The van der Waals surface area contributed by atoms with Crippen molar-refractivity contribution in [1.82, 2.24) is 5.32 Å². The maximum atomic E-state index is 11.8. The van der Waals surface area contributed by atoms with E-state index in [-0.39, 0.29) is 5.91 Å². The van der Waals surface area contributed by atoms with Crippen molar-refractivity contribution < 1.29 is 4.79 Å². The fourth-order valence-electron chi connectivity index (χ4n) is 1.84. The molecule has 0 fully saturated rings. The van der Waals surface area contributed by atoms with Crippen LogP contribution in [0.15, 0.2) is 48.5 Å². The Kier molecular flexibility index (Phi) is 6.05. The van der Waals surface area contributed by atoms with E-state index in [1.165, 1.54) is 0 Å². The molecule has 2 rings (SSSR count). The molecule has 2 aromatic carbocycles. The van der Waals surface area contributed by atoms with Gasteiger partial charge in [0.25, 0.3) is 0 Å². The summed E-state index contributed by atoms with van der Waals surface area (Å²) in [6.45, 7) is 1.21. The molecule has 0 spiro atoms. The minimum Gasteiger partial charge on any atom is -0.325 e. The summed E-state index contributed by atoms with van der Waals surface area (Å²) in [7, 11) is 0. The molecule has 0 radical (unpaired) electrons. The molecule has 0 atom stereocenters. The Labute approximate surface area is 134 Å². The minimum absolute atomic E-state index is 0.0743. The molecule has 0 saturated heterocycles. The van der Waals surface area contributed by atoms with Gasteiger partial charge in [-0.1, -0.05) is 53.5 Å². The lowest BCUT2D eigenvalue weighted by atomic mass is 10.2. The molecule has 2 N–H and O–H groups in total. The van der Waals surface area contributed by atoms with Gasteiger partial charge in [0.15, 0.2) is 0 Å². The lowest BCUT2D eigenvalue weighted by Crippen LogP contribution is -2.21. The number of amides is 1. The highest BCUT2D eigenvalue weighted by Crippen LogP contribution is 2.20. The average Bonchev–Trinajstić information content (AvgIpc) is 2.48. The molecule has 21 heavy (non-hydrogen) atoms. The summed E-state index contributed by atoms with van der Waals surface area (Å²) in [5.41, 5.74) is 1.65. The van der Waals surface area contributed by atoms with Crippen molar-refractivity contribution in [2.45, 2.75) is 13.0 Å². The third kappa shape index (κ3) is 5.05. The largest absolute Gasteiger partial charge is 0.325 e. The zero-order valence-electron chi connectivity index (χ0n) is 11.4. The number of benzene rings is 2. The second kappa shape index (κ2) is 8.03. The Bertz CT molecular complexity index is 617. The topological polar surface area (TPSA) is 41.1 Å². The Morgan fingerprint density at radius 2 is 1.62 bits per heavy atom. The van der Waals surface area contributed by atoms with E-state index in [4.69, 9.17) is 23.2 Å². The van der Waals surface area contributed by atoms with Crippen molar-refractivity contribution in [2.75, 3.05) is 11.9 Å². The quantitative estimate of drug-likeness (QED) is 0.786. The van der Waals surface area contributed by atoms with Crippen molar-refractivity contribution in [3.8, 4) is 0 Å². The molecule has 0 aliphatic carbocycles. The zero-order chi connectivity index (χ0) is 15.1. The second-order valence-electron chi connectivity index (χ2n) is 4.55. The van der Waals surface area contributed by atoms with Crippen molar-refractivity contribution in [1.29, 1.82) is 0 Å². The first-order chi connectivity index (χ1) is 10.2. The number of rotatable bonds is 6. The van der Waals surface area contributed by atoms with E-state index >= 15 is 0 Å². The van der Waals surface area contributed by atoms with Crippen molar-refractivity contribution in [2.24, 2.45) is 0 Å². The highest BCUT2D eigenvalue weighted by molar-refractivity contribution is 6.33. The maximum absolute atomic E-state index is 11.8. The molecule has 0 aromatic heterocycles. The third-order valence-corrected chi connectivity index (χ3v) is 3.65. The molecule has 0 bridgehead atoms. The lowest BCUT2D eigenvalue weighted by molar-refractivity contribution is -0.116. The Morgan fingerprint density at radius 3 is 2.33 bits per heavy atom. The van der Waals surface area contributed by atoms with Crippen molar-refractivity contribution in [3.05, 3.63) is 64.1 Å². The molecule has 1 amide bonds. The van der Waals surface area contributed by atoms with Crippen LogP contribution in [0, 0.1) is 0 Å². The standard InChI is InChI=1S/C16H16Cl2N2O/c17-13-6-2-1-5-12(13)11-19-10-9-16(21)20-15-8-4-3-7-14(15)18/h1-8,19H,9-11H2,(H,20,21). The normalized spacial score (nSPS) is 10.4. The summed E-state index contributed by atoms with van der Waals surface area (Å²) in [6, 6.07) is 14.8. The van der Waals surface area contributed by atoms with E-state index in [0.717, 1.165) is 10.6 Å². The first kappa shape index (κ1) is 15.8. The fraction of sp³-hybridized carbons (Fsp3) is 0.188. The van der Waals surface area contributed by atoms with E-state index in [1.54, 1.807) is 12.1 Å². The molecule has 0 aliphatic heterocycles. The van der Waals surface area contributed by atoms with Crippen LogP contribution in [0.4, 0.5) is 5.69 Å². The van der Waals surface area contributed by atoms with Gasteiger partial charge < -0.3 is 10.6 Å². The van der Waals surface area contributed by atoms with Crippen LogP contribution >= 0.6 is 23.2 Å². The monoisotopic (exact) mass is 322 g/mol. The number of para-hydroxylation sites is 1. The van der Waals surface area contributed by atoms with Gasteiger partial charge >= 0.3 is 0 Å². The van der Waals surface area contributed by atoms with E-state index in [1.807, 2.05) is 36.4 Å². The molecule has 0 unspecified atom stereocenters. The number of nitrogens with one attached hydrogen (secondary N) is 2. The van der Waals surface area contributed by atoms with Crippen LogP contribution in [-0.4, -0.2) is 12.5 Å². The number of halogens is 2. The molecule has 3 nitrogen and oxygen atoms in total. The number of hydrogen-bond acceptors (Lipinski definition) is 2. The molecule has 2 aromatic rings. The first-order valence-electron chi connectivity index (χ1n) is 6.65. The molecule has 0 heterocycles. The van der Waals surface area contributed by atoms with Gasteiger partial charge in [0, 0.05) is 24.5 Å². The SMILES string of the molecule is O=C(CCNCc1ccccc1Cl)Nc1ccccc1Cl. The van der Waals surface area contributed by atoms with Gasteiger partial charge in [-0.25, -0.2) is 0 Å². The highest BCUT2D eigenvalue weighted by atomic mass is 35.5. The number of anilines is 1. The number of hydrogen-bond donors (Lipinski definition) is 2. The minimum atomic E-state index is -0.0743. The van der Waals surface area contributed by atoms with Crippen LogP contribution in [0.2, 0.25) is 10.0 Å². The lowest BCUT2D eigenvalue weighted by Gasteiger charge is -2.08. The third-order valence-electron chi connectivity index (χ3n) is 2.95. The molecule has 110 valence electrons. The summed E-state index contributed by atoms with van der Waals surface area (Å²) < 4.78 is 0. The molecule has 0 aliphatic rings. The summed E-state index contributed by atoms with van der Waals surface area (Å²) in [4.78, 5) is 11.8. The smallest absolute Gasteiger partial charge is 0.225 e. The zero-order valence-corrected chi connectivity index (χ0v) is 12.9. The van der Waals surface area contributed by atoms with Crippen molar-refractivity contribution >= 4 is 34.8 Å². The van der Waals surface area contributed by atoms with Crippen LogP contribution in [0.25, 0.3) is 0 Å². The summed E-state index contributed by atoms with van der Waals surface area (Å²) in [5.74, 6) is -0.0743. The summed E-state index contributed by atoms with van der Waals surface area (Å²) in [5, 5.41) is 7.24. The number of carbonyl (C=O) groups is 1. The summed E-state index contributed by atoms with van der Waals surface area (Å²) in [6.07, 6.45) is 0.371. The summed E-state index contributed by atoms with van der Waals surface area (Å²) >= 11 is 12.0. The molecular formula is C16H16Cl2N2O. The number of carbonyl (C=O) groups excluding carboxylic acids is 1. The Morgan fingerprint density at radius 1 is 0.952 bits per heavy atom. The molecule has 5 heteroatoms. The molecular weight excluding hydrogens is 307 g/mol. The highest BCUT2D eigenvalue weighted by Gasteiger charge is 2.05. The van der Waals surface area contributed by atoms with Crippen molar-refractivity contribution in [3.63, 3.8) is 0 Å². The maximum Gasteiger partial charge on any atom is 0.225 e. The van der Waals surface area contributed by atoms with E-state index < -0.39 is 0 Å².